The normalized spacial score (nSPS) is 25.2. The van der Waals surface area contributed by atoms with Crippen molar-refractivity contribution in [1.82, 2.24) is 0 Å². The molecule has 11 nitrogen and oxygen atoms in total. The molecule has 176 valence electrons. The second-order valence-corrected chi connectivity index (χ2v) is 7.49. The molecule has 1 fully saturated rings. The highest BCUT2D eigenvalue weighted by Gasteiger charge is 2.44. The van der Waals surface area contributed by atoms with Crippen LogP contribution in [0.25, 0.3) is 22.3 Å². The Balaban J connectivity index is 1.75. The number of aliphatic hydroxyl groups excluding tert-OH is 4. The summed E-state index contributed by atoms with van der Waals surface area (Å²) in [5.41, 5.74) is -0.0809. The summed E-state index contributed by atoms with van der Waals surface area (Å²) < 4.78 is 22.1. The minimum absolute atomic E-state index is 0.0394. The Morgan fingerprint density at radius 1 is 0.970 bits per heavy atom. The van der Waals surface area contributed by atoms with E-state index >= 15 is 0 Å². The van der Waals surface area contributed by atoms with Crippen molar-refractivity contribution in [3.8, 4) is 34.3 Å². The molecule has 11 heteroatoms. The number of rotatable bonds is 5. The first-order valence-electron chi connectivity index (χ1n) is 9.89. The van der Waals surface area contributed by atoms with Crippen molar-refractivity contribution < 1.29 is 49.3 Å². The summed E-state index contributed by atoms with van der Waals surface area (Å²) >= 11 is 0. The zero-order chi connectivity index (χ0) is 23.9. The van der Waals surface area contributed by atoms with Crippen molar-refractivity contribution in [2.24, 2.45) is 0 Å². The summed E-state index contributed by atoms with van der Waals surface area (Å²) in [6, 6.07) is 7.82. The fourth-order valence-corrected chi connectivity index (χ4v) is 3.58. The minimum Gasteiger partial charge on any atom is -0.504 e. The fourth-order valence-electron chi connectivity index (χ4n) is 3.58. The van der Waals surface area contributed by atoms with Crippen LogP contribution in [0.5, 0.6) is 23.0 Å². The van der Waals surface area contributed by atoms with Crippen LogP contribution < -0.4 is 14.9 Å². The number of hydrogen-bond donors (Lipinski definition) is 6. The average molecular weight is 462 g/mol. The van der Waals surface area contributed by atoms with Crippen molar-refractivity contribution in [1.29, 1.82) is 0 Å². The van der Waals surface area contributed by atoms with E-state index in [0.29, 0.717) is 5.56 Å². The maximum atomic E-state index is 12.8. The summed E-state index contributed by atoms with van der Waals surface area (Å²) in [5.74, 6) is -0.500. The molecule has 0 unspecified atom stereocenters. The first-order valence-corrected chi connectivity index (χ1v) is 9.89. The molecule has 1 saturated heterocycles. The molecule has 6 N–H and O–H groups in total. The average Bonchev–Trinajstić information content (AvgIpc) is 2.80. The van der Waals surface area contributed by atoms with Gasteiger partial charge >= 0.3 is 0 Å². The number of phenols is 2. The Morgan fingerprint density at radius 2 is 1.73 bits per heavy atom. The highest BCUT2D eigenvalue weighted by Crippen LogP contribution is 2.35. The smallest absolute Gasteiger partial charge is 0.229 e. The van der Waals surface area contributed by atoms with Gasteiger partial charge in [-0.2, -0.15) is 0 Å². The number of benzene rings is 2. The molecule has 0 radical (unpaired) electrons. The fraction of sp³-hybridized carbons (Fsp3) is 0.318. The second-order valence-electron chi connectivity index (χ2n) is 7.49. The van der Waals surface area contributed by atoms with Crippen molar-refractivity contribution in [3.05, 3.63) is 46.6 Å². The van der Waals surface area contributed by atoms with E-state index in [-0.39, 0.29) is 34.0 Å². The molecule has 5 atom stereocenters. The lowest BCUT2D eigenvalue weighted by Gasteiger charge is -2.39. The zero-order valence-corrected chi connectivity index (χ0v) is 17.3. The standard InChI is InChI=1S/C22H22O11/c1-30-15-5-10(31-22-21(29)20(28)19(27)17(8-23)33-22)6-16-18(15)13(26)7-14(32-16)9-2-3-11(24)12(25)4-9/h2-7,17,19-25,27-29H,8H2,1H3/t17-,19+,20-,21+,22+/m0/s1. The molecular weight excluding hydrogens is 440 g/mol. The molecule has 3 aromatic rings. The van der Waals surface area contributed by atoms with Crippen LogP contribution in [0, 0.1) is 0 Å². The monoisotopic (exact) mass is 462 g/mol. The van der Waals surface area contributed by atoms with Gasteiger partial charge in [0.25, 0.3) is 0 Å². The Labute approximate surface area is 186 Å². The predicted molar refractivity (Wildman–Crippen MR) is 112 cm³/mol. The van der Waals surface area contributed by atoms with Gasteiger partial charge in [0.1, 0.15) is 52.6 Å². The number of phenolic OH excluding ortho intramolecular Hbond substituents is 2. The number of aromatic hydroxyl groups is 2. The van der Waals surface area contributed by atoms with Gasteiger partial charge in [-0.25, -0.2) is 0 Å². The second kappa shape index (κ2) is 8.89. The molecule has 0 saturated carbocycles. The molecule has 1 aliphatic heterocycles. The summed E-state index contributed by atoms with van der Waals surface area (Å²) in [7, 11) is 1.33. The third-order valence-corrected chi connectivity index (χ3v) is 5.35. The Bertz CT molecular complexity index is 1220. The topological polar surface area (TPSA) is 179 Å². The molecule has 0 bridgehead atoms. The molecule has 0 spiro atoms. The number of aliphatic hydroxyl groups is 4. The maximum absolute atomic E-state index is 12.8. The van der Waals surface area contributed by atoms with Crippen LogP contribution in [0.15, 0.2) is 45.6 Å². The molecule has 0 aliphatic carbocycles. The lowest BCUT2D eigenvalue weighted by Crippen LogP contribution is -2.60. The van der Waals surface area contributed by atoms with Crippen LogP contribution in [0.3, 0.4) is 0 Å². The third kappa shape index (κ3) is 4.19. The van der Waals surface area contributed by atoms with Gasteiger partial charge in [-0.1, -0.05) is 0 Å². The lowest BCUT2D eigenvalue weighted by molar-refractivity contribution is -0.277. The van der Waals surface area contributed by atoms with Gasteiger partial charge in [0.05, 0.1) is 13.7 Å². The van der Waals surface area contributed by atoms with Gasteiger partial charge in [-0.3, -0.25) is 4.79 Å². The summed E-state index contributed by atoms with van der Waals surface area (Å²) in [6.45, 7) is -0.621. The highest BCUT2D eigenvalue weighted by atomic mass is 16.7. The SMILES string of the molecule is COc1cc(O[C@@H]2O[C@@H](CO)[C@@H](O)[C@H](O)[C@H]2O)cc2oc(-c3ccc(O)c(O)c3)cc(=O)c12. The van der Waals surface area contributed by atoms with E-state index in [0.717, 1.165) is 0 Å². The van der Waals surface area contributed by atoms with E-state index in [4.69, 9.17) is 18.6 Å². The van der Waals surface area contributed by atoms with Gasteiger partial charge in [0.2, 0.25) is 6.29 Å². The van der Waals surface area contributed by atoms with Crippen LogP contribution in [0.1, 0.15) is 0 Å². The lowest BCUT2D eigenvalue weighted by atomic mass is 9.99. The van der Waals surface area contributed by atoms with Gasteiger partial charge < -0.3 is 49.3 Å². The van der Waals surface area contributed by atoms with E-state index in [1.807, 2.05) is 0 Å². The van der Waals surface area contributed by atoms with Crippen LogP contribution in [0.2, 0.25) is 0 Å². The Kier molecular flexibility index (Phi) is 6.15. The molecule has 0 amide bonds. The number of ether oxygens (including phenoxy) is 3. The van der Waals surface area contributed by atoms with Gasteiger partial charge in [0.15, 0.2) is 16.9 Å². The number of fused-ring (bicyclic) bond motifs is 1. The molecule has 2 heterocycles. The Morgan fingerprint density at radius 3 is 2.39 bits per heavy atom. The number of hydrogen-bond acceptors (Lipinski definition) is 11. The summed E-state index contributed by atoms with van der Waals surface area (Å²) in [6.07, 6.45) is -7.43. The Hall–Kier alpha value is -3.35. The zero-order valence-electron chi connectivity index (χ0n) is 17.3. The summed E-state index contributed by atoms with van der Waals surface area (Å²) in [5, 5.41) is 58.8. The molecular formula is C22H22O11. The molecule has 2 aromatic carbocycles. The van der Waals surface area contributed by atoms with Crippen LogP contribution >= 0.6 is 0 Å². The van der Waals surface area contributed by atoms with E-state index in [9.17, 15) is 35.4 Å². The third-order valence-electron chi connectivity index (χ3n) is 5.35. The number of methoxy groups -OCH3 is 1. The van der Waals surface area contributed by atoms with Gasteiger partial charge in [-0.15, -0.1) is 0 Å². The minimum atomic E-state index is -1.64. The van der Waals surface area contributed by atoms with Crippen LogP contribution in [-0.4, -0.2) is 75.1 Å². The van der Waals surface area contributed by atoms with Crippen molar-refractivity contribution in [2.45, 2.75) is 30.7 Å². The van der Waals surface area contributed by atoms with E-state index in [1.54, 1.807) is 0 Å². The van der Waals surface area contributed by atoms with E-state index in [1.165, 1.54) is 43.5 Å². The maximum Gasteiger partial charge on any atom is 0.229 e. The quantitative estimate of drug-likeness (QED) is 0.282. The molecule has 1 aliphatic rings. The molecule has 1 aromatic heterocycles. The largest absolute Gasteiger partial charge is 0.504 e. The molecule has 4 rings (SSSR count). The van der Waals surface area contributed by atoms with Crippen LogP contribution in [0.4, 0.5) is 0 Å². The predicted octanol–water partition coefficient (Wildman–Crippen LogP) is 0.0585. The van der Waals surface area contributed by atoms with Gasteiger partial charge in [-0.05, 0) is 18.2 Å². The highest BCUT2D eigenvalue weighted by molar-refractivity contribution is 5.86. The first-order chi connectivity index (χ1) is 15.7. The van der Waals surface area contributed by atoms with Crippen LogP contribution in [-0.2, 0) is 4.74 Å². The van der Waals surface area contributed by atoms with Crippen molar-refractivity contribution >= 4 is 11.0 Å². The van der Waals surface area contributed by atoms with Crippen molar-refractivity contribution in [3.63, 3.8) is 0 Å². The van der Waals surface area contributed by atoms with E-state index < -0.39 is 48.5 Å². The summed E-state index contributed by atoms with van der Waals surface area (Å²) in [4.78, 5) is 12.8. The first kappa shape index (κ1) is 22.8. The molecule has 33 heavy (non-hydrogen) atoms. The van der Waals surface area contributed by atoms with Gasteiger partial charge in [0, 0.05) is 23.8 Å². The van der Waals surface area contributed by atoms with E-state index in [2.05, 4.69) is 0 Å². The van der Waals surface area contributed by atoms with Crippen molar-refractivity contribution in [2.75, 3.05) is 13.7 Å².